The maximum absolute atomic E-state index is 13.1. The molecule has 0 bridgehead atoms. The van der Waals surface area contributed by atoms with Gasteiger partial charge in [0.1, 0.15) is 0 Å². The topological polar surface area (TPSA) is 79.9 Å². The van der Waals surface area contributed by atoms with Crippen LogP contribution in [0.2, 0.25) is 0 Å². The first kappa shape index (κ1) is 22.1. The van der Waals surface area contributed by atoms with Crippen LogP contribution in [0.25, 0.3) is 0 Å². The van der Waals surface area contributed by atoms with Crippen molar-refractivity contribution in [1.82, 2.24) is 10.4 Å². The summed E-state index contributed by atoms with van der Waals surface area (Å²) in [7, 11) is 3.06. The van der Waals surface area contributed by atoms with Gasteiger partial charge in [0.2, 0.25) is 0 Å². The minimum absolute atomic E-state index is 0.285. The van der Waals surface area contributed by atoms with E-state index in [4.69, 9.17) is 9.47 Å². The molecule has 3 amide bonds. The number of methoxy groups -OCH3 is 2. The standard InChI is InChI=1S/C22H29N3O4/c1-14-10-15(2)12-16(11-14)20(26)25(22(3,4)5)24-21(27)23-17-8-9-18(28-6)19(13-17)29-7/h8-13H,1-7H3,(H2,23,24,27). The van der Waals surface area contributed by atoms with Crippen LogP contribution in [0.1, 0.15) is 42.3 Å². The minimum atomic E-state index is -0.635. The lowest BCUT2D eigenvalue weighted by molar-refractivity contribution is 0.0460. The highest BCUT2D eigenvalue weighted by Gasteiger charge is 2.29. The van der Waals surface area contributed by atoms with Gasteiger partial charge >= 0.3 is 6.03 Å². The van der Waals surface area contributed by atoms with E-state index < -0.39 is 11.6 Å². The number of nitrogens with zero attached hydrogens (tertiary/aromatic N) is 1. The van der Waals surface area contributed by atoms with Crippen LogP contribution in [0.3, 0.4) is 0 Å². The highest BCUT2D eigenvalue weighted by Crippen LogP contribution is 2.29. The maximum atomic E-state index is 13.1. The van der Waals surface area contributed by atoms with Gasteiger partial charge in [-0.25, -0.2) is 15.2 Å². The molecule has 0 radical (unpaired) electrons. The van der Waals surface area contributed by atoms with Crippen molar-refractivity contribution in [2.24, 2.45) is 0 Å². The number of ether oxygens (including phenoxy) is 2. The lowest BCUT2D eigenvalue weighted by atomic mass is 10.0. The number of hydrogen-bond acceptors (Lipinski definition) is 4. The number of carbonyl (C=O) groups excluding carboxylic acids is 2. The molecule has 0 fully saturated rings. The molecule has 7 heteroatoms. The molecule has 0 saturated heterocycles. The Balaban J connectivity index is 2.22. The summed E-state index contributed by atoms with van der Waals surface area (Å²) in [6.07, 6.45) is 0. The Morgan fingerprint density at radius 2 is 1.48 bits per heavy atom. The van der Waals surface area contributed by atoms with Gasteiger partial charge < -0.3 is 14.8 Å². The number of hydrazine groups is 1. The zero-order valence-corrected chi connectivity index (χ0v) is 18.0. The molecule has 0 saturated carbocycles. The molecular formula is C22H29N3O4. The molecule has 0 aliphatic heterocycles. The number of benzene rings is 2. The number of aryl methyl sites for hydroxylation is 2. The van der Waals surface area contributed by atoms with E-state index >= 15 is 0 Å². The molecule has 0 heterocycles. The highest BCUT2D eigenvalue weighted by molar-refractivity contribution is 5.98. The molecule has 2 rings (SSSR count). The number of carbonyl (C=O) groups is 2. The van der Waals surface area contributed by atoms with E-state index in [1.807, 2.05) is 52.8 Å². The third kappa shape index (κ3) is 5.63. The summed E-state index contributed by atoms with van der Waals surface area (Å²) >= 11 is 0. The van der Waals surface area contributed by atoms with Gasteiger partial charge in [-0.15, -0.1) is 0 Å². The summed E-state index contributed by atoms with van der Waals surface area (Å²) in [4.78, 5) is 25.7. The smallest absolute Gasteiger partial charge is 0.338 e. The monoisotopic (exact) mass is 399 g/mol. The molecule has 0 atom stereocenters. The summed E-state index contributed by atoms with van der Waals surface area (Å²) < 4.78 is 10.4. The van der Waals surface area contributed by atoms with Crippen LogP contribution in [0.5, 0.6) is 11.5 Å². The maximum Gasteiger partial charge on any atom is 0.338 e. The average molecular weight is 399 g/mol. The van der Waals surface area contributed by atoms with Crippen molar-refractivity contribution in [2.75, 3.05) is 19.5 Å². The predicted molar refractivity (Wildman–Crippen MR) is 114 cm³/mol. The van der Waals surface area contributed by atoms with Gasteiger partial charge in [-0.1, -0.05) is 17.2 Å². The van der Waals surface area contributed by atoms with E-state index in [1.54, 1.807) is 18.2 Å². The van der Waals surface area contributed by atoms with Crippen molar-refractivity contribution in [3.8, 4) is 11.5 Å². The second kappa shape index (κ2) is 8.86. The van der Waals surface area contributed by atoms with Crippen LogP contribution in [0.15, 0.2) is 36.4 Å². The fourth-order valence-corrected chi connectivity index (χ4v) is 2.92. The SMILES string of the molecule is COc1ccc(NC(=O)NN(C(=O)c2cc(C)cc(C)c2)C(C)(C)C)cc1OC. The van der Waals surface area contributed by atoms with Crippen molar-refractivity contribution in [3.05, 3.63) is 53.1 Å². The van der Waals surface area contributed by atoms with Crippen LogP contribution >= 0.6 is 0 Å². The summed E-state index contributed by atoms with van der Waals surface area (Å²) in [5.74, 6) is 0.760. The Hall–Kier alpha value is -3.22. The minimum Gasteiger partial charge on any atom is -0.493 e. The van der Waals surface area contributed by atoms with Crippen molar-refractivity contribution < 1.29 is 19.1 Å². The van der Waals surface area contributed by atoms with Crippen molar-refractivity contribution in [2.45, 2.75) is 40.2 Å². The Morgan fingerprint density at radius 1 is 0.897 bits per heavy atom. The van der Waals surface area contributed by atoms with Gasteiger partial charge in [-0.2, -0.15) is 0 Å². The van der Waals surface area contributed by atoms with E-state index in [0.29, 0.717) is 22.7 Å². The molecule has 7 nitrogen and oxygen atoms in total. The molecule has 2 N–H and O–H groups in total. The number of anilines is 1. The zero-order chi connectivity index (χ0) is 21.8. The number of hydrogen-bond donors (Lipinski definition) is 2. The summed E-state index contributed by atoms with van der Waals surface area (Å²) in [6, 6.07) is 10.1. The number of urea groups is 1. The van der Waals surface area contributed by atoms with Gasteiger partial charge in [0.15, 0.2) is 11.5 Å². The first-order valence-corrected chi connectivity index (χ1v) is 9.27. The molecule has 2 aromatic rings. The number of amides is 3. The Bertz CT molecular complexity index is 883. The summed E-state index contributed by atoms with van der Waals surface area (Å²) in [5.41, 5.74) is 5.03. The molecule has 156 valence electrons. The van der Waals surface area contributed by atoms with Crippen molar-refractivity contribution in [3.63, 3.8) is 0 Å². The number of rotatable bonds is 4. The quantitative estimate of drug-likeness (QED) is 0.752. The van der Waals surface area contributed by atoms with Crippen LogP contribution in [0, 0.1) is 13.8 Å². The molecule has 0 aliphatic rings. The predicted octanol–water partition coefficient (Wildman–Crippen LogP) is 4.30. The lowest BCUT2D eigenvalue weighted by Crippen LogP contribution is -2.56. The molecule has 0 unspecified atom stereocenters. The molecule has 0 spiro atoms. The molecule has 0 aromatic heterocycles. The molecule has 0 aliphatic carbocycles. The number of nitrogens with one attached hydrogen (secondary N) is 2. The van der Waals surface area contributed by atoms with Crippen LogP contribution < -0.4 is 20.2 Å². The first-order valence-electron chi connectivity index (χ1n) is 9.27. The van der Waals surface area contributed by atoms with E-state index in [2.05, 4.69) is 10.7 Å². The van der Waals surface area contributed by atoms with Crippen LogP contribution in [-0.4, -0.2) is 36.7 Å². The van der Waals surface area contributed by atoms with E-state index in [9.17, 15) is 9.59 Å². The fourth-order valence-electron chi connectivity index (χ4n) is 2.92. The molecule has 2 aromatic carbocycles. The molecule has 29 heavy (non-hydrogen) atoms. The largest absolute Gasteiger partial charge is 0.493 e. The van der Waals surface area contributed by atoms with E-state index in [0.717, 1.165) is 11.1 Å². The summed E-state index contributed by atoms with van der Waals surface area (Å²) in [5, 5.41) is 4.05. The molecular weight excluding hydrogens is 370 g/mol. The van der Waals surface area contributed by atoms with Gasteiger partial charge in [0.05, 0.1) is 19.8 Å². The Labute approximate surface area is 172 Å². The third-order valence-electron chi connectivity index (χ3n) is 4.20. The van der Waals surface area contributed by atoms with Crippen LogP contribution in [0.4, 0.5) is 10.5 Å². The second-order valence-electron chi connectivity index (χ2n) is 7.82. The zero-order valence-electron chi connectivity index (χ0n) is 18.0. The van der Waals surface area contributed by atoms with Gasteiger partial charge in [0, 0.05) is 17.3 Å². The lowest BCUT2D eigenvalue weighted by Gasteiger charge is -2.35. The van der Waals surface area contributed by atoms with Crippen molar-refractivity contribution in [1.29, 1.82) is 0 Å². The fraction of sp³-hybridized carbons (Fsp3) is 0.364. The van der Waals surface area contributed by atoms with Gasteiger partial charge in [-0.3, -0.25) is 4.79 Å². The third-order valence-corrected chi connectivity index (χ3v) is 4.20. The second-order valence-corrected chi connectivity index (χ2v) is 7.82. The van der Waals surface area contributed by atoms with Crippen molar-refractivity contribution >= 4 is 17.6 Å². The summed E-state index contributed by atoms with van der Waals surface area (Å²) in [6.45, 7) is 9.42. The first-order chi connectivity index (χ1) is 13.5. The highest BCUT2D eigenvalue weighted by atomic mass is 16.5. The Morgan fingerprint density at radius 3 is 2.00 bits per heavy atom. The van der Waals surface area contributed by atoms with E-state index in [1.165, 1.54) is 19.2 Å². The van der Waals surface area contributed by atoms with E-state index in [-0.39, 0.29) is 5.91 Å². The Kier molecular flexibility index (Phi) is 6.74. The average Bonchev–Trinajstić information content (AvgIpc) is 2.63. The normalized spacial score (nSPS) is 10.9. The van der Waals surface area contributed by atoms with Gasteiger partial charge in [-0.05, 0) is 58.9 Å². The van der Waals surface area contributed by atoms with Gasteiger partial charge in [0.25, 0.3) is 5.91 Å². The van der Waals surface area contributed by atoms with Crippen LogP contribution in [-0.2, 0) is 0 Å².